The summed E-state index contributed by atoms with van der Waals surface area (Å²) < 4.78 is 6.22. The summed E-state index contributed by atoms with van der Waals surface area (Å²) in [6.07, 6.45) is 0. The Morgan fingerprint density at radius 1 is 1.40 bits per heavy atom. The summed E-state index contributed by atoms with van der Waals surface area (Å²) >= 11 is 9.59. The zero-order chi connectivity index (χ0) is 11.0. The van der Waals surface area contributed by atoms with Crippen LogP contribution in [0.5, 0.6) is 5.75 Å². The van der Waals surface area contributed by atoms with E-state index in [1.165, 1.54) is 0 Å². The number of halogens is 2. The van der Waals surface area contributed by atoms with Gasteiger partial charge in [0.1, 0.15) is 5.75 Å². The van der Waals surface area contributed by atoms with Gasteiger partial charge in [-0.1, -0.05) is 11.6 Å². The maximum absolute atomic E-state index is 6.09. The number of fused-ring (bicyclic) bond motifs is 1. The van der Waals surface area contributed by atoms with Crippen molar-refractivity contribution in [3.05, 3.63) is 33.4 Å². The molecule has 0 amide bonds. The van der Waals surface area contributed by atoms with E-state index in [4.69, 9.17) is 16.3 Å². The summed E-state index contributed by atoms with van der Waals surface area (Å²) in [5.74, 6) is 0.772. The Bertz CT molecular complexity index is 527. The summed E-state index contributed by atoms with van der Waals surface area (Å²) in [4.78, 5) is 4.40. The molecule has 0 spiro atoms. The molecule has 0 N–H and O–H groups in total. The van der Waals surface area contributed by atoms with Gasteiger partial charge in [0.05, 0.1) is 23.0 Å². The molecular weight excluding hydrogens is 277 g/mol. The molecule has 2 nitrogen and oxygen atoms in total. The molecule has 0 aliphatic heterocycles. The summed E-state index contributed by atoms with van der Waals surface area (Å²) in [6, 6.07) is 5.58. The Kier molecular flexibility index (Phi) is 2.85. The fraction of sp³-hybridized carbons (Fsp3) is 0.182. The molecule has 0 aliphatic rings. The van der Waals surface area contributed by atoms with Crippen LogP contribution in [0.2, 0.25) is 5.02 Å². The first kappa shape index (κ1) is 10.7. The summed E-state index contributed by atoms with van der Waals surface area (Å²) in [7, 11) is 1.63. The minimum absolute atomic E-state index is 0.634. The number of nitrogens with zero attached hydrogens (tertiary/aromatic N) is 1. The van der Waals surface area contributed by atoms with Crippen LogP contribution in [0.3, 0.4) is 0 Å². The lowest BCUT2D eigenvalue weighted by Gasteiger charge is -2.08. The lowest BCUT2D eigenvalue weighted by atomic mass is 10.2. The van der Waals surface area contributed by atoms with E-state index in [-0.39, 0.29) is 0 Å². The third-order valence-corrected chi connectivity index (χ3v) is 3.10. The molecule has 0 aliphatic carbocycles. The molecule has 1 aromatic carbocycles. The molecule has 0 saturated carbocycles. The highest BCUT2D eigenvalue weighted by molar-refractivity contribution is 9.10. The van der Waals surface area contributed by atoms with Gasteiger partial charge in [0.2, 0.25) is 0 Å². The molecule has 2 aromatic rings. The minimum Gasteiger partial charge on any atom is -0.496 e. The Labute approximate surface area is 101 Å². The van der Waals surface area contributed by atoms with Crippen LogP contribution in [0.1, 0.15) is 5.69 Å². The second-order valence-electron chi connectivity index (χ2n) is 3.22. The third-order valence-electron chi connectivity index (χ3n) is 2.17. The molecule has 0 unspecified atom stereocenters. The zero-order valence-corrected chi connectivity index (χ0v) is 10.7. The van der Waals surface area contributed by atoms with E-state index in [0.29, 0.717) is 5.02 Å². The predicted molar refractivity (Wildman–Crippen MR) is 65.7 cm³/mol. The zero-order valence-electron chi connectivity index (χ0n) is 8.34. The quantitative estimate of drug-likeness (QED) is 0.791. The molecule has 0 atom stereocenters. The van der Waals surface area contributed by atoms with Crippen molar-refractivity contribution in [3.63, 3.8) is 0 Å². The van der Waals surface area contributed by atoms with Crippen LogP contribution in [0.4, 0.5) is 0 Å². The first-order valence-corrected chi connectivity index (χ1v) is 5.60. The summed E-state index contributed by atoms with van der Waals surface area (Å²) in [5.41, 5.74) is 1.69. The third kappa shape index (κ3) is 1.82. The molecule has 78 valence electrons. The lowest BCUT2D eigenvalue weighted by molar-refractivity contribution is 0.419. The van der Waals surface area contributed by atoms with Crippen molar-refractivity contribution >= 4 is 38.4 Å². The number of aryl methyl sites for hydroxylation is 1. The topological polar surface area (TPSA) is 22.1 Å². The van der Waals surface area contributed by atoms with E-state index < -0.39 is 0 Å². The first-order chi connectivity index (χ1) is 7.13. The standard InChI is InChI=1S/C11H9BrClNO/c1-6-5-7(12)10-9(15-2)4-3-8(13)11(10)14-6/h3-5H,1-2H3. The molecule has 1 heterocycles. The monoisotopic (exact) mass is 285 g/mol. The largest absolute Gasteiger partial charge is 0.496 e. The van der Waals surface area contributed by atoms with E-state index in [9.17, 15) is 0 Å². The van der Waals surface area contributed by atoms with E-state index >= 15 is 0 Å². The van der Waals surface area contributed by atoms with Gasteiger partial charge in [0.15, 0.2) is 0 Å². The van der Waals surface area contributed by atoms with Gasteiger partial charge in [-0.15, -0.1) is 0 Å². The van der Waals surface area contributed by atoms with E-state index in [2.05, 4.69) is 20.9 Å². The molecule has 4 heteroatoms. The Morgan fingerprint density at radius 2 is 2.13 bits per heavy atom. The highest BCUT2D eigenvalue weighted by atomic mass is 79.9. The molecule has 1 aromatic heterocycles. The average molecular weight is 287 g/mol. The van der Waals surface area contributed by atoms with Gasteiger partial charge >= 0.3 is 0 Å². The molecule has 0 bridgehead atoms. The second kappa shape index (κ2) is 3.99. The molecule has 2 rings (SSSR count). The first-order valence-electron chi connectivity index (χ1n) is 4.43. The number of methoxy groups -OCH3 is 1. The van der Waals surface area contributed by atoms with Crippen molar-refractivity contribution in [2.45, 2.75) is 6.92 Å². The van der Waals surface area contributed by atoms with Crippen molar-refractivity contribution < 1.29 is 4.74 Å². The number of benzene rings is 1. The van der Waals surface area contributed by atoms with E-state index in [1.54, 1.807) is 13.2 Å². The van der Waals surface area contributed by atoms with Gasteiger partial charge in [-0.05, 0) is 41.1 Å². The fourth-order valence-corrected chi connectivity index (χ4v) is 2.44. The maximum atomic E-state index is 6.09. The van der Waals surface area contributed by atoms with Gasteiger partial charge in [0.25, 0.3) is 0 Å². The van der Waals surface area contributed by atoms with Crippen LogP contribution < -0.4 is 4.74 Å². The minimum atomic E-state index is 0.634. The fourth-order valence-electron chi connectivity index (χ4n) is 1.52. The second-order valence-corrected chi connectivity index (χ2v) is 4.48. The van der Waals surface area contributed by atoms with Gasteiger partial charge in [-0.2, -0.15) is 0 Å². The van der Waals surface area contributed by atoms with Gasteiger partial charge < -0.3 is 4.74 Å². The highest BCUT2D eigenvalue weighted by Crippen LogP contribution is 2.35. The lowest BCUT2D eigenvalue weighted by Crippen LogP contribution is -1.90. The number of pyridine rings is 1. The van der Waals surface area contributed by atoms with Crippen LogP contribution in [0.15, 0.2) is 22.7 Å². The molecular formula is C11H9BrClNO. The van der Waals surface area contributed by atoms with Crippen molar-refractivity contribution in [2.24, 2.45) is 0 Å². The van der Waals surface area contributed by atoms with Gasteiger partial charge in [-0.25, -0.2) is 0 Å². The van der Waals surface area contributed by atoms with Crippen LogP contribution in [0.25, 0.3) is 10.9 Å². The van der Waals surface area contributed by atoms with E-state index in [1.807, 2.05) is 19.1 Å². The van der Waals surface area contributed by atoms with Crippen LogP contribution in [-0.4, -0.2) is 12.1 Å². The van der Waals surface area contributed by atoms with Crippen LogP contribution in [-0.2, 0) is 0 Å². The summed E-state index contributed by atoms with van der Waals surface area (Å²) in [5, 5.41) is 1.55. The number of hydrogen-bond donors (Lipinski definition) is 0. The molecule has 15 heavy (non-hydrogen) atoms. The van der Waals surface area contributed by atoms with Crippen LogP contribution in [0, 0.1) is 6.92 Å². The van der Waals surface area contributed by atoms with Crippen molar-refractivity contribution in [2.75, 3.05) is 7.11 Å². The number of ether oxygens (including phenoxy) is 1. The number of rotatable bonds is 1. The van der Waals surface area contributed by atoms with E-state index in [0.717, 1.165) is 26.8 Å². The SMILES string of the molecule is COc1ccc(Cl)c2nc(C)cc(Br)c12. The Balaban J connectivity index is 2.93. The molecule has 0 radical (unpaired) electrons. The molecule has 0 fully saturated rings. The highest BCUT2D eigenvalue weighted by Gasteiger charge is 2.10. The van der Waals surface area contributed by atoms with Gasteiger partial charge in [0, 0.05) is 10.2 Å². The van der Waals surface area contributed by atoms with Crippen molar-refractivity contribution in [3.8, 4) is 5.75 Å². The van der Waals surface area contributed by atoms with Gasteiger partial charge in [-0.3, -0.25) is 4.98 Å². The Hall–Kier alpha value is -0.800. The predicted octanol–water partition coefficient (Wildman–Crippen LogP) is 3.97. The van der Waals surface area contributed by atoms with Crippen molar-refractivity contribution in [1.29, 1.82) is 0 Å². The average Bonchev–Trinajstić information content (AvgIpc) is 2.19. The van der Waals surface area contributed by atoms with Crippen LogP contribution >= 0.6 is 27.5 Å². The Morgan fingerprint density at radius 3 is 2.80 bits per heavy atom. The number of hydrogen-bond acceptors (Lipinski definition) is 2. The molecule has 0 saturated heterocycles. The normalized spacial score (nSPS) is 10.7. The summed E-state index contributed by atoms with van der Waals surface area (Å²) in [6.45, 7) is 1.93. The number of aromatic nitrogens is 1. The van der Waals surface area contributed by atoms with Crippen molar-refractivity contribution in [1.82, 2.24) is 4.98 Å². The smallest absolute Gasteiger partial charge is 0.129 e. The maximum Gasteiger partial charge on any atom is 0.129 e.